The summed E-state index contributed by atoms with van der Waals surface area (Å²) in [5.41, 5.74) is 2.97. The van der Waals surface area contributed by atoms with Crippen LogP contribution in [0.5, 0.6) is 5.75 Å². The number of hydrogen-bond acceptors (Lipinski definition) is 5. The van der Waals surface area contributed by atoms with Gasteiger partial charge in [0.2, 0.25) is 0 Å². The average molecular weight is 348 g/mol. The van der Waals surface area contributed by atoms with Gasteiger partial charge in [0.25, 0.3) is 0 Å². The van der Waals surface area contributed by atoms with Gasteiger partial charge in [-0.1, -0.05) is 60.7 Å². The highest BCUT2D eigenvalue weighted by molar-refractivity contribution is 5.92. The molecule has 0 saturated carbocycles. The second-order valence-corrected chi connectivity index (χ2v) is 5.64. The Morgan fingerprint density at radius 1 is 0.962 bits per heavy atom. The van der Waals surface area contributed by atoms with Crippen LogP contribution in [0.15, 0.2) is 72.9 Å². The van der Waals surface area contributed by atoms with Crippen molar-refractivity contribution in [3.8, 4) is 5.75 Å². The van der Waals surface area contributed by atoms with Gasteiger partial charge in [-0.25, -0.2) is 9.78 Å². The predicted octanol–water partition coefficient (Wildman–Crippen LogP) is 4.06. The SMILES string of the molecule is COC(=O)c1nccc(NCc2ccccc2)c1OCc1ccccc1. The zero-order valence-electron chi connectivity index (χ0n) is 14.5. The first-order chi connectivity index (χ1) is 12.8. The largest absolute Gasteiger partial charge is 0.484 e. The van der Waals surface area contributed by atoms with Crippen molar-refractivity contribution in [3.05, 3.63) is 89.7 Å². The summed E-state index contributed by atoms with van der Waals surface area (Å²) in [7, 11) is 1.33. The monoisotopic (exact) mass is 348 g/mol. The molecule has 0 unspecified atom stereocenters. The molecule has 0 fully saturated rings. The van der Waals surface area contributed by atoms with Gasteiger partial charge in [0.1, 0.15) is 6.61 Å². The number of carbonyl (C=O) groups excluding carboxylic acids is 1. The van der Waals surface area contributed by atoms with E-state index < -0.39 is 5.97 Å². The minimum Gasteiger partial charge on any atom is -0.484 e. The molecule has 3 rings (SSSR count). The van der Waals surface area contributed by atoms with E-state index in [4.69, 9.17) is 9.47 Å². The highest BCUT2D eigenvalue weighted by Crippen LogP contribution is 2.29. The van der Waals surface area contributed by atoms with Crippen LogP contribution in [0, 0.1) is 0 Å². The van der Waals surface area contributed by atoms with Gasteiger partial charge in [-0.3, -0.25) is 0 Å². The molecule has 1 aromatic heterocycles. The molecule has 1 heterocycles. The van der Waals surface area contributed by atoms with Crippen molar-refractivity contribution in [2.45, 2.75) is 13.2 Å². The van der Waals surface area contributed by atoms with E-state index in [0.717, 1.165) is 11.1 Å². The van der Waals surface area contributed by atoms with E-state index in [1.165, 1.54) is 7.11 Å². The molecule has 0 atom stereocenters. The van der Waals surface area contributed by atoms with Gasteiger partial charge < -0.3 is 14.8 Å². The Bertz CT molecular complexity index is 852. The number of rotatable bonds is 7. The Morgan fingerprint density at radius 3 is 2.27 bits per heavy atom. The third-order valence-electron chi connectivity index (χ3n) is 3.84. The van der Waals surface area contributed by atoms with Crippen LogP contribution in [0.1, 0.15) is 21.6 Å². The van der Waals surface area contributed by atoms with Gasteiger partial charge in [0, 0.05) is 12.7 Å². The lowest BCUT2D eigenvalue weighted by molar-refractivity contribution is 0.0588. The first-order valence-electron chi connectivity index (χ1n) is 8.30. The van der Waals surface area contributed by atoms with Crippen LogP contribution in [-0.2, 0) is 17.9 Å². The van der Waals surface area contributed by atoms with Crippen LogP contribution in [0.25, 0.3) is 0 Å². The van der Waals surface area contributed by atoms with Crippen molar-refractivity contribution >= 4 is 11.7 Å². The first-order valence-corrected chi connectivity index (χ1v) is 8.30. The quantitative estimate of drug-likeness (QED) is 0.653. The van der Waals surface area contributed by atoms with Gasteiger partial charge in [-0.05, 0) is 17.2 Å². The standard InChI is InChI=1S/C21H20N2O3/c1-25-21(24)19-20(26-15-17-10-6-3-7-11-17)18(12-13-22-19)23-14-16-8-4-2-5-9-16/h2-13H,14-15H2,1H3,(H,22,23). The van der Waals surface area contributed by atoms with E-state index in [1.807, 2.05) is 60.7 Å². The van der Waals surface area contributed by atoms with Gasteiger partial charge in [0.05, 0.1) is 12.8 Å². The molecule has 0 amide bonds. The fourth-order valence-corrected chi connectivity index (χ4v) is 2.50. The molecule has 132 valence electrons. The van der Waals surface area contributed by atoms with E-state index in [-0.39, 0.29) is 5.69 Å². The summed E-state index contributed by atoms with van der Waals surface area (Å²) in [6.07, 6.45) is 1.56. The van der Waals surface area contributed by atoms with E-state index in [1.54, 1.807) is 12.3 Å². The van der Waals surface area contributed by atoms with Gasteiger partial charge >= 0.3 is 5.97 Å². The number of methoxy groups -OCH3 is 1. The topological polar surface area (TPSA) is 60.5 Å². The molecule has 1 N–H and O–H groups in total. The maximum atomic E-state index is 12.1. The molecule has 0 spiro atoms. The lowest BCUT2D eigenvalue weighted by Gasteiger charge is -2.15. The summed E-state index contributed by atoms with van der Waals surface area (Å²) in [5.74, 6) is -0.143. The Balaban J connectivity index is 1.83. The third kappa shape index (κ3) is 4.39. The van der Waals surface area contributed by atoms with Crippen molar-refractivity contribution in [3.63, 3.8) is 0 Å². The van der Waals surface area contributed by atoms with Crippen LogP contribution in [0.4, 0.5) is 5.69 Å². The van der Waals surface area contributed by atoms with Gasteiger partial charge in [-0.15, -0.1) is 0 Å². The van der Waals surface area contributed by atoms with Crippen molar-refractivity contribution in [2.24, 2.45) is 0 Å². The number of hydrogen-bond donors (Lipinski definition) is 1. The fraction of sp³-hybridized carbons (Fsp3) is 0.143. The summed E-state index contributed by atoms with van der Waals surface area (Å²) < 4.78 is 10.8. The number of ether oxygens (including phenoxy) is 2. The molecule has 5 heteroatoms. The summed E-state index contributed by atoms with van der Waals surface area (Å²) in [5, 5.41) is 3.31. The molecule has 2 aromatic carbocycles. The zero-order chi connectivity index (χ0) is 18.2. The van der Waals surface area contributed by atoms with E-state index in [9.17, 15) is 4.79 Å². The number of carbonyl (C=O) groups is 1. The minimum absolute atomic E-state index is 0.154. The molecular weight excluding hydrogens is 328 g/mol. The summed E-state index contributed by atoms with van der Waals surface area (Å²) in [6, 6.07) is 21.5. The maximum absolute atomic E-state index is 12.1. The van der Waals surface area contributed by atoms with E-state index in [0.29, 0.717) is 24.6 Å². The van der Waals surface area contributed by atoms with Crippen molar-refractivity contribution < 1.29 is 14.3 Å². The van der Waals surface area contributed by atoms with Crippen LogP contribution >= 0.6 is 0 Å². The maximum Gasteiger partial charge on any atom is 0.360 e. The molecule has 0 bridgehead atoms. The summed E-state index contributed by atoms with van der Waals surface area (Å²) in [6.45, 7) is 0.934. The molecule has 0 radical (unpaired) electrons. The molecular formula is C21H20N2O3. The van der Waals surface area contributed by atoms with Crippen molar-refractivity contribution in [1.82, 2.24) is 4.98 Å². The molecule has 3 aromatic rings. The molecule has 0 aliphatic rings. The van der Waals surface area contributed by atoms with E-state index in [2.05, 4.69) is 10.3 Å². The molecule has 0 saturated heterocycles. The molecule has 26 heavy (non-hydrogen) atoms. The zero-order valence-corrected chi connectivity index (χ0v) is 14.5. The van der Waals surface area contributed by atoms with Crippen LogP contribution in [0.2, 0.25) is 0 Å². The van der Waals surface area contributed by atoms with Crippen LogP contribution in [-0.4, -0.2) is 18.1 Å². The highest BCUT2D eigenvalue weighted by Gasteiger charge is 2.19. The number of aromatic nitrogens is 1. The molecule has 5 nitrogen and oxygen atoms in total. The lowest BCUT2D eigenvalue weighted by Crippen LogP contribution is -2.11. The smallest absolute Gasteiger partial charge is 0.360 e. The summed E-state index contributed by atoms with van der Waals surface area (Å²) >= 11 is 0. The first kappa shape index (κ1) is 17.5. The normalized spacial score (nSPS) is 10.2. The second-order valence-electron chi connectivity index (χ2n) is 5.64. The van der Waals surface area contributed by atoms with Gasteiger partial charge in [-0.2, -0.15) is 0 Å². The number of nitrogens with zero attached hydrogens (tertiary/aromatic N) is 1. The number of pyridine rings is 1. The number of nitrogens with one attached hydrogen (secondary N) is 1. The van der Waals surface area contributed by atoms with Crippen molar-refractivity contribution in [1.29, 1.82) is 0 Å². The number of anilines is 1. The van der Waals surface area contributed by atoms with E-state index >= 15 is 0 Å². The lowest BCUT2D eigenvalue weighted by atomic mass is 10.2. The predicted molar refractivity (Wildman–Crippen MR) is 100 cm³/mol. The minimum atomic E-state index is -0.531. The fourth-order valence-electron chi connectivity index (χ4n) is 2.50. The second kappa shape index (κ2) is 8.67. The van der Waals surface area contributed by atoms with Gasteiger partial charge in [0.15, 0.2) is 11.4 Å². The number of benzene rings is 2. The van der Waals surface area contributed by atoms with Crippen LogP contribution < -0.4 is 10.1 Å². The Morgan fingerprint density at radius 2 is 1.62 bits per heavy atom. The Hall–Kier alpha value is -3.34. The average Bonchev–Trinajstić information content (AvgIpc) is 2.71. The Labute approximate surface area is 152 Å². The van der Waals surface area contributed by atoms with Crippen molar-refractivity contribution in [2.75, 3.05) is 12.4 Å². The number of esters is 1. The van der Waals surface area contributed by atoms with Crippen LogP contribution in [0.3, 0.4) is 0 Å². The third-order valence-corrected chi connectivity index (χ3v) is 3.84. The Kier molecular flexibility index (Phi) is 5.83. The molecule has 0 aliphatic heterocycles. The summed E-state index contributed by atoms with van der Waals surface area (Å²) in [4.78, 5) is 16.2. The highest BCUT2D eigenvalue weighted by atomic mass is 16.5. The molecule has 0 aliphatic carbocycles.